The Kier molecular flexibility index (Phi) is 4.49. The van der Waals surface area contributed by atoms with Crippen LogP contribution in [0.15, 0.2) is 56.7 Å². The summed E-state index contributed by atoms with van der Waals surface area (Å²) in [6.07, 6.45) is 0. The van der Waals surface area contributed by atoms with E-state index in [1.54, 1.807) is 11.8 Å². The molecule has 1 unspecified atom stereocenters. The molecule has 94 valence electrons. The molecule has 0 aliphatic heterocycles. The van der Waals surface area contributed by atoms with E-state index in [1.807, 2.05) is 6.92 Å². The maximum absolute atomic E-state index is 5.88. The summed E-state index contributed by atoms with van der Waals surface area (Å²) in [5.41, 5.74) is 8.31. The predicted octanol–water partition coefficient (Wildman–Crippen LogP) is 4.93. The molecule has 2 aromatic carbocycles. The van der Waals surface area contributed by atoms with Gasteiger partial charge in [0.15, 0.2) is 0 Å². The summed E-state index contributed by atoms with van der Waals surface area (Å²) < 4.78 is 1.10. The maximum Gasteiger partial charge on any atom is 0.0318 e. The van der Waals surface area contributed by atoms with Crippen molar-refractivity contribution < 1.29 is 0 Å². The highest BCUT2D eigenvalue weighted by Crippen LogP contribution is 2.34. The molecule has 0 amide bonds. The van der Waals surface area contributed by atoms with Crippen molar-refractivity contribution >= 4 is 27.7 Å². The van der Waals surface area contributed by atoms with Crippen molar-refractivity contribution in [2.75, 3.05) is 0 Å². The van der Waals surface area contributed by atoms with Crippen LogP contribution in [0.4, 0.5) is 0 Å². The molecule has 2 aromatic rings. The third-order valence-electron chi connectivity index (χ3n) is 2.70. The van der Waals surface area contributed by atoms with Gasteiger partial charge in [-0.3, -0.25) is 0 Å². The second-order valence-corrected chi connectivity index (χ2v) is 6.37. The fourth-order valence-electron chi connectivity index (χ4n) is 1.69. The molecular formula is C15H16BrNS. The molecule has 0 fully saturated rings. The van der Waals surface area contributed by atoms with Crippen molar-refractivity contribution in [1.82, 2.24) is 0 Å². The minimum absolute atomic E-state index is 0.0688. The van der Waals surface area contributed by atoms with Gasteiger partial charge in [0.05, 0.1) is 0 Å². The third kappa shape index (κ3) is 3.37. The summed E-state index contributed by atoms with van der Waals surface area (Å²) in [7, 11) is 0. The highest BCUT2D eigenvalue weighted by molar-refractivity contribution is 9.10. The Hall–Kier alpha value is -0.770. The van der Waals surface area contributed by atoms with Crippen LogP contribution in [-0.2, 0) is 0 Å². The van der Waals surface area contributed by atoms with Crippen molar-refractivity contribution in [3.63, 3.8) is 0 Å². The van der Waals surface area contributed by atoms with Crippen molar-refractivity contribution in [2.24, 2.45) is 5.73 Å². The van der Waals surface area contributed by atoms with Gasteiger partial charge in [-0.25, -0.2) is 0 Å². The summed E-state index contributed by atoms with van der Waals surface area (Å²) in [5.74, 6) is 0. The van der Waals surface area contributed by atoms with Crippen LogP contribution in [-0.4, -0.2) is 0 Å². The van der Waals surface area contributed by atoms with E-state index in [-0.39, 0.29) is 6.04 Å². The van der Waals surface area contributed by atoms with Gasteiger partial charge in [0.2, 0.25) is 0 Å². The van der Waals surface area contributed by atoms with Crippen LogP contribution >= 0.6 is 27.7 Å². The maximum atomic E-state index is 5.88. The monoisotopic (exact) mass is 321 g/mol. The number of hydrogen-bond donors (Lipinski definition) is 1. The first-order chi connectivity index (χ1) is 8.56. The molecule has 1 nitrogen and oxygen atoms in total. The molecule has 0 radical (unpaired) electrons. The van der Waals surface area contributed by atoms with Crippen LogP contribution in [0.1, 0.15) is 24.1 Å². The van der Waals surface area contributed by atoms with Crippen LogP contribution in [0, 0.1) is 6.92 Å². The summed E-state index contributed by atoms with van der Waals surface area (Å²) >= 11 is 5.38. The summed E-state index contributed by atoms with van der Waals surface area (Å²) in [6, 6.07) is 14.9. The molecule has 2 rings (SSSR count). The first kappa shape index (κ1) is 13.7. The third-order valence-corrected chi connectivity index (χ3v) is 4.68. The van der Waals surface area contributed by atoms with Gasteiger partial charge in [-0.15, -0.1) is 0 Å². The molecule has 0 bridgehead atoms. The Labute approximate surface area is 121 Å². The predicted molar refractivity (Wildman–Crippen MR) is 82.0 cm³/mol. The smallest absolute Gasteiger partial charge is 0.0318 e. The number of benzene rings is 2. The zero-order valence-corrected chi connectivity index (χ0v) is 12.9. The Morgan fingerprint density at radius 1 is 1.17 bits per heavy atom. The topological polar surface area (TPSA) is 26.0 Å². The minimum Gasteiger partial charge on any atom is -0.324 e. The summed E-state index contributed by atoms with van der Waals surface area (Å²) in [4.78, 5) is 2.47. The molecule has 0 aromatic heterocycles. The first-order valence-electron chi connectivity index (χ1n) is 5.86. The average molecular weight is 322 g/mol. The number of halogens is 1. The van der Waals surface area contributed by atoms with Gasteiger partial charge in [-0.1, -0.05) is 35.5 Å². The lowest BCUT2D eigenvalue weighted by molar-refractivity contribution is 0.815. The molecule has 3 heteroatoms. The molecule has 18 heavy (non-hydrogen) atoms. The highest BCUT2D eigenvalue weighted by Gasteiger charge is 2.06. The Morgan fingerprint density at radius 3 is 2.56 bits per heavy atom. The van der Waals surface area contributed by atoms with Crippen molar-refractivity contribution in [3.05, 3.63) is 58.1 Å². The van der Waals surface area contributed by atoms with Gasteiger partial charge in [-0.05, 0) is 59.6 Å². The molecule has 2 N–H and O–H groups in total. The lowest BCUT2D eigenvalue weighted by Gasteiger charge is -2.10. The molecule has 0 spiro atoms. The van der Waals surface area contributed by atoms with Gasteiger partial charge in [0, 0.05) is 20.3 Å². The van der Waals surface area contributed by atoms with Gasteiger partial charge >= 0.3 is 0 Å². The molecule has 0 saturated carbocycles. The van der Waals surface area contributed by atoms with E-state index < -0.39 is 0 Å². The van der Waals surface area contributed by atoms with Crippen LogP contribution in [0.2, 0.25) is 0 Å². The summed E-state index contributed by atoms with van der Waals surface area (Å²) in [5, 5.41) is 0. The summed E-state index contributed by atoms with van der Waals surface area (Å²) in [6.45, 7) is 4.10. The van der Waals surface area contributed by atoms with Crippen LogP contribution in [0.5, 0.6) is 0 Å². The number of rotatable bonds is 3. The van der Waals surface area contributed by atoms with Gasteiger partial charge in [-0.2, -0.15) is 0 Å². The van der Waals surface area contributed by atoms with Crippen molar-refractivity contribution in [1.29, 1.82) is 0 Å². The second kappa shape index (κ2) is 5.91. The van der Waals surface area contributed by atoms with E-state index in [1.165, 1.54) is 15.4 Å². The van der Waals surface area contributed by atoms with Crippen LogP contribution < -0.4 is 5.73 Å². The number of aryl methyl sites for hydroxylation is 1. The molecule has 0 heterocycles. The first-order valence-corrected chi connectivity index (χ1v) is 7.47. The Balaban J connectivity index is 2.24. The van der Waals surface area contributed by atoms with Crippen LogP contribution in [0.25, 0.3) is 0 Å². The van der Waals surface area contributed by atoms with E-state index in [4.69, 9.17) is 5.73 Å². The fourth-order valence-corrected chi connectivity index (χ4v) is 3.27. The van der Waals surface area contributed by atoms with E-state index in [2.05, 4.69) is 65.3 Å². The van der Waals surface area contributed by atoms with E-state index in [0.29, 0.717) is 0 Å². The number of hydrogen-bond acceptors (Lipinski definition) is 2. The van der Waals surface area contributed by atoms with E-state index in [9.17, 15) is 0 Å². The Morgan fingerprint density at radius 2 is 1.94 bits per heavy atom. The molecular weight excluding hydrogens is 306 g/mol. The lowest BCUT2D eigenvalue weighted by Crippen LogP contribution is -2.04. The fraction of sp³-hybridized carbons (Fsp3) is 0.200. The van der Waals surface area contributed by atoms with E-state index in [0.717, 1.165) is 10.0 Å². The van der Waals surface area contributed by atoms with Crippen molar-refractivity contribution in [2.45, 2.75) is 29.7 Å². The quantitative estimate of drug-likeness (QED) is 0.867. The molecule has 0 aliphatic rings. The van der Waals surface area contributed by atoms with Gasteiger partial charge in [0.25, 0.3) is 0 Å². The standard InChI is InChI=1S/C15H16BrNS/c1-10-4-3-5-13(8-10)18-15-7-6-12(11(2)17)9-14(15)16/h3-9,11H,17H2,1-2H3. The minimum atomic E-state index is 0.0688. The van der Waals surface area contributed by atoms with Crippen LogP contribution in [0.3, 0.4) is 0 Å². The lowest BCUT2D eigenvalue weighted by atomic mass is 10.1. The molecule has 1 atom stereocenters. The highest BCUT2D eigenvalue weighted by atomic mass is 79.9. The van der Waals surface area contributed by atoms with Crippen molar-refractivity contribution in [3.8, 4) is 0 Å². The zero-order chi connectivity index (χ0) is 13.1. The zero-order valence-electron chi connectivity index (χ0n) is 10.5. The second-order valence-electron chi connectivity index (χ2n) is 4.40. The molecule has 0 aliphatic carbocycles. The van der Waals surface area contributed by atoms with Gasteiger partial charge in [0.1, 0.15) is 0 Å². The Bertz CT molecular complexity index is 552. The molecule has 0 saturated heterocycles. The van der Waals surface area contributed by atoms with E-state index >= 15 is 0 Å². The van der Waals surface area contributed by atoms with Gasteiger partial charge < -0.3 is 5.73 Å². The number of nitrogens with two attached hydrogens (primary N) is 1. The average Bonchev–Trinajstić information content (AvgIpc) is 2.31. The SMILES string of the molecule is Cc1cccc(Sc2ccc(C(C)N)cc2Br)c1. The normalized spacial score (nSPS) is 12.4. The largest absolute Gasteiger partial charge is 0.324 e.